The second-order valence-electron chi connectivity index (χ2n) is 6.26. The number of anilines is 1. The molecular weight excluding hydrogens is 320 g/mol. The first-order valence-corrected chi connectivity index (χ1v) is 8.82. The van der Waals surface area contributed by atoms with Crippen molar-refractivity contribution < 1.29 is 8.78 Å². The number of halogens is 2. The largest absolute Gasteiger partial charge is 0.355 e. The quantitative estimate of drug-likeness (QED) is 0.674. The number of nitrogens with zero attached hydrogens (tertiary/aromatic N) is 1. The Morgan fingerprint density at radius 3 is 2.52 bits per heavy atom. The van der Waals surface area contributed by atoms with Crippen molar-refractivity contribution in [2.24, 2.45) is 10.9 Å². The summed E-state index contributed by atoms with van der Waals surface area (Å²) in [7, 11) is 0. The highest BCUT2D eigenvalue weighted by Gasteiger charge is 2.28. The van der Waals surface area contributed by atoms with Gasteiger partial charge >= 0.3 is 0 Å². The predicted molar refractivity (Wildman–Crippen MR) is 101 cm³/mol. The molecule has 1 aliphatic rings. The molecule has 3 nitrogen and oxygen atoms in total. The van der Waals surface area contributed by atoms with Crippen LogP contribution < -0.4 is 10.6 Å². The standard InChI is InChI=1S/C20H27F2N3/c1-4-12-24-19(16-10-13-23-14-11-16)15(3)25-18-8-6-17(7-9-18)20(21,22)5-2/h4,6-9,12,16,23,25H,3,5,10-11,13-14H2,1-2H3/b12-4-,24-19?. The van der Waals surface area contributed by atoms with Crippen LogP contribution in [0.4, 0.5) is 14.5 Å². The Hall–Kier alpha value is -2.01. The summed E-state index contributed by atoms with van der Waals surface area (Å²) in [5.74, 6) is -2.44. The number of hydrogen-bond donors (Lipinski definition) is 2. The van der Waals surface area contributed by atoms with Gasteiger partial charge in [0.25, 0.3) is 5.92 Å². The lowest BCUT2D eigenvalue weighted by Gasteiger charge is -2.25. The van der Waals surface area contributed by atoms with Gasteiger partial charge in [0.05, 0.1) is 11.4 Å². The van der Waals surface area contributed by atoms with Gasteiger partial charge in [0.2, 0.25) is 0 Å². The highest BCUT2D eigenvalue weighted by Crippen LogP contribution is 2.32. The maximum absolute atomic E-state index is 13.7. The molecule has 0 saturated carbocycles. The molecule has 0 spiro atoms. The van der Waals surface area contributed by atoms with E-state index < -0.39 is 5.92 Å². The maximum atomic E-state index is 13.7. The Labute approximate surface area is 148 Å². The molecule has 0 bridgehead atoms. The molecule has 0 amide bonds. The fourth-order valence-electron chi connectivity index (χ4n) is 2.92. The minimum Gasteiger partial charge on any atom is -0.355 e. The van der Waals surface area contributed by atoms with Crippen molar-refractivity contribution >= 4 is 11.4 Å². The molecule has 1 heterocycles. The molecule has 1 aliphatic heterocycles. The fraction of sp³-hybridized carbons (Fsp3) is 0.450. The summed E-state index contributed by atoms with van der Waals surface area (Å²) in [6.07, 6.45) is 5.48. The first-order valence-electron chi connectivity index (χ1n) is 8.82. The van der Waals surface area contributed by atoms with Gasteiger partial charge in [0, 0.05) is 29.8 Å². The Kier molecular flexibility index (Phi) is 6.88. The van der Waals surface area contributed by atoms with Gasteiger partial charge in [-0.1, -0.05) is 31.7 Å². The van der Waals surface area contributed by atoms with Gasteiger partial charge in [-0.2, -0.15) is 0 Å². The molecule has 0 aromatic heterocycles. The number of alkyl halides is 2. The molecule has 2 rings (SSSR count). The predicted octanol–water partition coefficient (Wildman–Crippen LogP) is 5.09. The molecule has 1 aromatic rings. The molecule has 1 saturated heterocycles. The van der Waals surface area contributed by atoms with Gasteiger partial charge in [-0.25, -0.2) is 8.78 Å². The van der Waals surface area contributed by atoms with E-state index in [2.05, 4.69) is 22.2 Å². The zero-order chi connectivity index (χ0) is 18.3. The monoisotopic (exact) mass is 347 g/mol. The van der Waals surface area contributed by atoms with Gasteiger partial charge in [-0.15, -0.1) is 0 Å². The molecule has 5 heteroatoms. The minimum absolute atomic E-state index is 0.0346. The number of rotatable bonds is 7. The Bertz CT molecular complexity index is 627. The van der Waals surface area contributed by atoms with Crippen molar-refractivity contribution in [2.75, 3.05) is 18.4 Å². The normalized spacial score (nSPS) is 17.0. The van der Waals surface area contributed by atoms with Gasteiger partial charge in [-0.3, -0.25) is 4.99 Å². The molecule has 0 atom stereocenters. The van der Waals surface area contributed by atoms with E-state index in [1.807, 2.05) is 13.0 Å². The van der Waals surface area contributed by atoms with Crippen LogP contribution in [0.5, 0.6) is 0 Å². The van der Waals surface area contributed by atoms with Gasteiger partial charge in [-0.05, 0) is 45.0 Å². The van der Waals surface area contributed by atoms with Crippen LogP contribution >= 0.6 is 0 Å². The van der Waals surface area contributed by atoms with E-state index in [9.17, 15) is 8.78 Å². The second-order valence-corrected chi connectivity index (χ2v) is 6.26. The van der Waals surface area contributed by atoms with E-state index >= 15 is 0 Å². The first kappa shape index (κ1) is 19.3. The van der Waals surface area contributed by atoms with Crippen LogP contribution in [0.3, 0.4) is 0 Å². The molecule has 0 radical (unpaired) electrons. The fourth-order valence-corrected chi connectivity index (χ4v) is 2.92. The van der Waals surface area contributed by atoms with Gasteiger partial charge < -0.3 is 10.6 Å². The zero-order valence-corrected chi connectivity index (χ0v) is 15.0. The highest BCUT2D eigenvalue weighted by molar-refractivity contribution is 6.04. The van der Waals surface area contributed by atoms with Crippen molar-refractivity contribution in [2.45, 2.75) is 39.0 Å². The average Bonchev–Trinajstić information content (AvgIpc) is 2.63. The third-order valence-corrected chi connectivity index (χ3v) is 4.44. The molecule has 0 aliphatic carbocycles. The summed E-state index contributed by atoms with van der Waals surface area (Å²) < 4.78 is 27.4. The summed E-state index contributed by atoms with van der Waals surface area (Å²) >= 11 is 0. The summed E-state index contributed by atoms with van der Waals surface area (Å²) in [6, 6.07) is 6.26. The van der Waals surface area contributed by atoms with Crippen LogP contribution in [-0.4, -0.2) is 18.8 Å². The lowest BCUT2D eigenvalue weighted by Crippen LogP contribution is -2.33. The van der Waals surface area contributed by atoms with E-state index in [0.717, 1.165) is 43.0 Å². The Morgan fingerprint density at radius 2 is 1.96 bits per heavy atom. The van der Waals surface area contributed by atoms with E-state index in [1.54, 1.807) is 18.3 Å². The van der Waals surface area contributed by atoms with E-state index in [0.29, 0.717) is 5.92 Å². The lowest BCUT2D eigenvalue weighted by molar-refractivity contribution is -0.00826. The summed E-state index contributed by atoms with van der Waals surface area (Å²) in [5.41, 5.74) is 2.43. The van der Waals surface area contributed by atoms with Crippen LogP contribution in [0.1, 0.15) is 38.7 Å². The van der Waals surface area contributed by atoms with Crippen LogP contribution in [0.15, 0.2) is 53.8 Å². The third-order valence-electron chi connectivity index (χ3n) is 4.44. The summed E-state index contributed by atoms with van der Waals surface area (Å²) in [5, 5.41) is 6.57. The molecule has 1 aromatic carbocycles. The van der Waals surface area contributed by atoms with Crippen LogP contribution in [-0.2, 0) is 5.92 Å². The van der Waals surface area contributed by atoms with E-state index in [-0.39, 0.29) is 12.0 Å². The number of hydrogen-bond acceptors (Lipinski definition) is 3. The zero-order valence-electron chi connectivity index (χ0n) is 15.0. The van der Waals surface area contributed by atoms with Crippen molar-refractivity contribution in [1.82, 2.24) is 5.32 Å². The highest BCUT2D eigenvalue weighted by atomic mass is 19.3. The summed E-state index contributed by atoms with van der Waals surface area (Å²) in [4.78, 5) is 4.56. The minimum atomic E-state index is -2.79. The summed E-state index contributed by atoms with van der Waals surface area (Å²) in [6.45, 7) is 9.46. The number of piperidine rings is 1. The molecular formula is C20H27F2N3. The van der Waals surface area contributed by atoms with Crippen LogP contribution in [0.25, 0.3) is 0 Å². The molecule has 2 N–H and O–H groups in total. The smallest absolute Gasteiger partial charge is 0.273 e. The Balaban J connectivity index is 2.12. The number of aliphatic imine (C=N–C) groups is 1. The number of nitrogens with one attached hydrogen (secondary N) is 2. The number of allylic oxidation sites excluding steroid dienone is 2. The second kappa shape index (κ2) is 8.90. The van der Waals surface area contributed by atoms with Crippen molar-refractivity contribution in [3.8, 4) is 0 Å². The maximum Gasteiger partial charge on any atom is 0.273 e. The van der Waals surface area contributed by atoms with Crippen LogP contribution in [0.2, 0.25) is 0 Å². The molecule has 1 fully saturated rings. The van der Waals surface area contributed by atoms with Crippen molar-refractivity contribution in [3.63, 3.8) is 0 Å². The van der Waals surface area contributed by atoms with Crippen molar-refractivity contribution in [1.29, 1.82) is 0 Å². The first-order chi connectivity index (χ1) is 12.0. The number of benzene rings is 1. The van der Waals surface area contributed by atoms with Crippen molar-refractivity contribution in [3.05, 3.63) is 54.4 Å². The lowest BCUT2D eigenvalue weighted by atomic mass is 9.91. The molecule has 25 heavy (non-hydrogen) atoms. The van der Waals surface area contributed by atoms with E-state index in [4.69, 9.17) is 0 Å². The van der Waals surface area contributed by atoms with Crippen LogP contribution in [0, 0.1) is 5.92 Å². The molecule has 0 unspecified atom stereocenters. The molecule has 136 valence electrons. The van der Waals surface area contributed by atoms with Gasteiger partial charge in [0.15, 0.2) is 0 Å². The van der Waals surface area contributed by atoms with Gasteiger partial charge in [0.1, 0.15) is 0 Å². The SMILES string of the molecule is C=C(Nc1ccc(C(F)(F)CC)cc1)C(=N/C=C\C)C1CCNCC1. The Morgan fingerprint density at radius 1 is 1.32 bits per heavy atom. The average molecular weight is 347 g/mol. The van der Waals surface area contributed by atoms with E-state index in [1.165, 1.54) is 19.1 Å². The third kappa shape index (κ3) is 5.23. The topological polar surface area (TPSA) is 36.4 Å².